The smallest absolute Gasteiger partial charge is 0.324 e. The summed E-state index contributed by atoms with van der Waals surface area (Å²) in [6.45, 7) is 5.84. The van der Waals surface area contributed by atoms with Crippen LogP contribution in [0.3, 0.4) is 0 Å². The van der Waals surface area contributed by atoms with Gasteiger partial charge in [-0.05, 0) is 24.3 Å². The molecular formula is C19H17F4NOSi. The molecule has 1 unspecified atom stereocenters. The molecule has 1 aromatic carbocycles. The van der Waals surface area contributed by atoms with Crippen molar-refractivity contribution in [3.8, 4) is 11.5 Å². The predicted molar refractivity (Wildman–Crippen MR) is 92.3 cm³/mol. The molecule has 0 N–H and O–H groups in total. The highest BCUT2D eigenvalue weighted by molar-refractivity contribution is 6.83. The van der Waals surface area contributed by atoms with E-state index < -0.39 is 36.9 Å². The number of aromatic nitrogens is 1. The molecule has 0 aliphatic carbocycles. The summed E-state index contributed by atoms with van der Waals surface area (Å²) in [5.74, 6) is -2.55. The number of hydrogen-bond acceptors (Lipinski definition) is 2. The zero-order chi connectivity index (χ0) is 19.2. The second-order valence-electron chi connectivity index (χ2n) is 7.25. The van der Waals surface area contributed by atoms with Crippen LogP contribution >= 0.6 is 0 Å². The number of benzene rings is 1. The zero-order valence-corrected chi connectivity index (χ0v) is 15.5. The number of epoxide rings is 1. The standard InChI is InChI=1S/C19H17F4NOSi/c1-26(2,3)9-8-13-4-7-17(24-11-13)19(22,23)18(12-25-18)15-6-5-14(20)10-16(15)21/h4-7,10-11H,12H2,1-3H3. The average Bonchev–Trinajstić information content (AvgIpc) is 3.35. The summed E-state index contributed by atoms with van der Waals surface area (Å²) in [4.78, 5) is 3.82. The Kier molecular flexibility index (Phi) is 4.45. The van der Waals surface area contributed by atoms with Crippen molar-refractivity contribution in [2.75, 3.05) is 6.61 Å². The van der Waals surface area contributed by atoms with Gasteiger partial charge in [-0.1, -0.05) is 25.6 Å². The van der Waals surface area contributed by atoms with Gasteiger partial charge in [0.15, 0.2) is 5.60 Å². The van der Waals surface area contributed by atoms with Crippen molar-refractivity contribution in [1.82, 2.24) is 4.98 Å². The molecule has 3 rings (SSSR count). The van der Waals surface area contributed by atoms with Crippen LogP contribution in [0.1, 0.15) is 16.8 Å². The van der Waals surface area contributed by atoms with Crippen molar-refractivity contribution in [3.63, 3.8) is 0 Å². The van der Waals surface area contributed by atoms with E-state index in [1.165, 1.54) is 18.3 Å². The maximum atomic E-state index is 15.0. The molecule has 1 aromatic heterocycles. The first-order valence-corrected chi connectivity index (χ1v) is 11.5. The molecule has 2 heterocycles. The van der Waals surface area contributed by atoms with Gasteiger partial charge in [0.25, 0.3) is 0 Å². The first-order chi connectivity index (χ1) is 12.1. The lowest BCUT2D eigenvalue weighted by molar-refractivity contribution is -0.0901. The van der Waals surface area contributed by atoms with Crippen LogP contribution < -0.4 is 0 Å². The number of alkyl halides is 2. The van der Waals surface area contributed by atoms with Gasteiger partial charge >= 0.3 is 5.92 Å². The van der Waals surface area contributed by atoms with Crippen LogP contribution in [-0.4, -0.2) is 19.7 Å². The minimum absolute atomic E-state index is 0.374. The maximum absolute atomic E-state index is 15.0. The number of hydrogen-bond donors (Lipinski definition) is 0. The Balaban J connectivity index is 1.93. The molecule has 0 radical (unpaired) electrons. The van der Waals surface area contributed by atoms with Crippen LogP contribution in [0.2, 0.25) is 19.6 Å². The third kappa shape index (κ3) is 3.39. The van der Waals surface area contributed by atoms with Crippen LogP contribution in [-0.2, 0) is 16.3 Å². The molecule has 0 saturated carbocycles. The zero-order valence-electron chi connectivity index (χ0n) is 14.5. The number of halogens is 4. The van der Waals surface area contributed by atoms with Gasteiger partial charge in [-0.15, -0.1) is 5.54 Å². The van der Waals surface area contributed by atoms with Gasteiger partial charge in [0.2, 0.25) is 0 Å². The summed E-state index contributed by atoms with van der Waals surface area (Å²) in [6.07, 6.45) is 1.27. The molecule has 1 saturated heterocycles. The summed E-state index contributed by atoms with van der Waals surface area (Å²) in [7, 11) is -1.59. The highest BCUT2D eigenvalue weighted by Crippen LogP contribution is 2.56. The van der Waals surface area contributed by atoms with Crippen molar-refractivity contribution in [2.24, 2.45) is 0 Å². The fourth-order valence-electron chi connectivity index (χ4n) is 2.52. The summed E-state index contributed by atoms with van der Waals surface area (Å²) in [6, 6.07) is 5.11. The Hall–Kier alpha value is -2.17. The monoisotopic (exact) mass is 379 g/mol. The van der Waals surface area contributed by atoms with E-state index in [0.29, 0.717) is 11.6 Å². The second-order valence-corrected chi connectivity index (χ2v) is 12.0. The molecule has 0 bridgehead atoms. The van der Waals surface area contributed by atoms with E-state index in [2.05, 4.69) is 36.1 Å². The van der Waals surface area contributed by atoms with Crippen LogP contribution in [0.5, 0.6) is 0 Å². The topological polar surface area (TPSA) is 25.4 Å². The Labute approximate surface area is 150 Å². The first kappa shape index (κ1) is 18.6. The van der Waals surface area contributed by atoms with Gasteiger partial charge in [-0.2, -0.15) is 8.78 Å². The van der Waals surface area contributed by atoms with E-state index in [9.17, 15) is 17.6 Å². The van der Waals surface area contributed by atoms with Gasteiger partial charge in [-0.3, -0.25) is 4.98 Å². The van der Waals surface area contributed by atoms with Gasteiger partial charge in [0.1, 0.15) is 25.4 Å². The molecule has 1 fully saturated rings. The van der Waals surface area contributed by atoms with Crippen molar-refractivity contribution >= 4 is 8.07 Å². The van der Waals surface area contributed by atoms with Crippen LogP contribution in [0, 0.1) is 23.1 Å². The van der Waals surface area contributed by atoms with Gasteiger partial charge in [-0.25, -0.2) is 8.78 Å². The molecule has 7 heteroatoms. The first-order valence-electron chi connectivity index (χ1n) is 8.02. The van der Waals surface area contributed by atoms with Crippen molar-refractivity contribution in [1.29, 1.82) is 0 Å². The Bertz CT molecular complexity index is 890. The van der Waals surface area contributed by atoms with Crippen LogP contribution in [0.4, 0.5) is 17.6 Å². The second kappa shape index (κ2) is 6.22. The average molecular weight is 379 g/mol. The van der Waals surface area contributed by atoms with E-state index in [1.807, 2.05) is 0 Å². The van der Waals surface area contributed by atoms with Crippen molar-refractivity contribution in [3.05, 3.63) is 65.0 Å². The van der Waals surface area contributed by atoms with Crippen molar-refractivity contribution in [2.45, 2.75) is 31.2 Å². The molecule has 1 atom stereocenters. The van der Waals surface area contributed by atoms with Gasteiger partial charge in [0.05, 0.1) is 6.61 Å². The Morgan fingerprint density at radius 3 is 2.35 bits per heavy atom. The van der Waals surface area contributed by atoms with E-state index in [1.54, 1.807) is 0 Å². The summed E-state index contributed by atoms with van der Waals surface area (Å²) in [5, 5.41) is 0. The maximum Gasteiger partial charge on any atom is 0.324 e. The molecule has 1 aliphatic heterocycles. The normalized spacial score (nSPS) is 19.7. The lowest BCUT2D eigenvalue weighted by Gasteiger charge is -2.24. The SMILES string of the molecule is C[Si](C)(C)C#Cc1ccc(C(F)(F)C2(c3ccc(F)cc3F)CO2)nc1. The quantitative estimate of drug-likeness (QED) is 0.337. The number of ether oxygens (including phenoxy) is 1. The fraction of sp³-hybridized carbons (Fsp3) is 0.316. The van der Waals surface area contributed by atoms with Crippen LogP contribution in [0.25, 0.3) is 0 Å². The summed E-state index contributed by atoms with van der Waals surface area (Å²) < 4.78 is 62.1. The van der Waals surface area contributed by atoms with Crippen LogP contribution in [0.15, 0.2) is 36.5 Å². The molecule has 1 aliphatic rings. The van der Waals surface area contributed by atoms with E-state index in [0.717, 1.165) is 12.1 Å². The number of pyridine rings is 1. The van der Waals surface area contributed by atoms with E-state index in [-0.39, 0.29) is 12.2 Å². The van der Waals surface area contributed by atoms with E-state index >= 15 is 0 Å². The molecule has 0 spiro atoms. The lowest BCUT2D eigenvalue weighted by atomic mass is 9.90. The fourth-order valence-corrected chi connectivity index (χ4v) is 3.03. The third-order valence-electron chi connectivity index (χ3n) is 3.97. The van der Waals surface area contributed by atoms with Gasteiger partial charge in [0, 0.05) is 23.4 Å². The van der Waals surface area contributed by atoms with E-state index in [4.69, 9.17) is 4.74 Å². The number of nitrogens with zero attached hydrogens (tertiary/aromatic N) is 1. The molecule has 2 nitrogen and oxygen atoms in total. The molecule has 0 amide bonds. The van der Waals surface area contributed by atoms with Gasteiger partial charge < -0.3 is 4.74 Å². The molecular weight excluding hydrogens is 362 g/mol. The summed E-state index contributed by atoms with van der Waals surface area (Å²) >= 11 is 0. The number of rotatable bonds is 3. The summed E-state index contributed by atoms with van der Waals surface area (Å²) in [5.41, 5.74) is 0.573. The largest absolute Gasteiger partial charge is 0.357 e. The highest BCUT2D eigenvalue weighted by Gasteiger charge is 2.68. The van der Waals surface area contributed by atoms with Crippen molar-refractivity contribution < 1.29 is 22.3 Å². The molecule has 26 heavy (non-hydrogen) atoms. The minimum atomic E-state index is -3.57. The lowest BCUT2D eigenvalue weighted by Crippen LogP contribution is -2.34. The minimum Gasteiger partial charge on any atom is -0.357 e. The predicted octanol–water partition coefficient (Wildman–Crippen LogP) is 4.61. The highest BCUT2D eigenvalue weighted by atomic mass is 28.3. The Morgan fingerprint density at radius 1 is 1.15 bits per heavy atom. The third-order valence-corrected chi connectivity index (χ3v) is 4.85. The molecule has 2 aromatic rings. The Morgan fingerprint density at radius 2 is 1.85 bits per heavy atom. The molecule has 136 valence electrons.